The molecule has 0 fully saturated rings. The van der Waals surface area contributed by atoms with Crippen LogP contribution in [0.3, 0.4) is 0 Å². The molecule has 1 N–H and O–H groups in total. The van der Waals surface area contributed by atoms with Crippen molar-refractivity contribution in [1.29, 1.82) is 5.26 Å². The van der Waals surface area contributed by atoms with Crippen molar-refractivity contribution in [2.45, 2.75) is 20.0 Å². The average Bonchev–Trinajstić information content (AvgIpc) is 3.07. The number of nitrogens with zero attached hydrogens (tertiary/aromatic N) is 3. The minimum absolute atomic E-state index is 0.0628. The van der Waals surface area contributed by atoms with Gasteiger partial charge in [0, 0.05) is 16.2 Å². The lowest BCUT2D eigenvalue weighted by Gasteiger charge is -2.09. The number of hydrogen-bond acceptors (Lipinski definition) is 4. The molecule has 0 aliphatic heterocycles. The molecule has 6 heteroatoms. The summed E-state index contributed by atoms with van der Waals surface area (Å²) in [6.45, 7) is 3.11. The number of aliphatic hydroxyl groups excluding tert-OH is 1. The third kappa shape index (κ3) is 2.62. The highest BCUT2D eigenvalue weighted by Crippen LogP contribution is 2.26. The number of rotatable bonds is 3. The highest BCUT2D eigenvalue weighted by atomic mass is 79.9. The quantitative estimate of drug-likeness (QED) is 0.696. The van der Waals surface area contributed by atoms with Crippen LogP contribution in [0.25, 0.3) is 5.65 Å². The first-order valence-corrected chi connectivity index (χ1v) is 7.81. The zero-order chi connectivity index (χ0) is 20.9. The second-order valence-electron chi connectivity index (χ2n) is 5.24. The van der Waals surface area contributed by atoms with Gasteiger partial charge in [0.05, 0.1) is 28.9 Å². The van der Waals surface area contributed by atoms with Crippen LogP contribution in [0.15, 0.2) is 40.9 Å². The molecule has 0 saturated heterocycles. The van der Waals surface area contributed by atoms with Crippen molar-refractivity contribution in [2.75, 3.05) is 0 Å². The highest BCUT2D eigenvalue weighted by Gasteiger charge is 2.24. The zero-order valence-corrected chi connectivity index (χ0v) is 14.4. The maximum Gasteiger partial charge on any atom is 0.211 e. The summed E-state index contributed by atoms with van der Waals surface area (Å²) in [6, 6.07) is 3.52. The Kier molecular flexibility index (Phi) is 3.08. The number of halogens is 1. The summed E-state index contributed by atoms with van der Waals surface area (Å²) in [6.07, 6.45) is -1.67. The van der Waals surface area contributed by atoms with Crippen molar-refractivity contribution >= 4 is 27.4 Å². The van der Waals surface area contributed by atoms with Crippen LogP contribution in [-0.4, -0.2) is 20.3 Å². The Balaban J connectivity index is 2.40. The molecule has 2 heterocycles. The maximum absolute atomic E-state index is 13.3. The first-order chi connectivity index (χ1) is 13.1. The van der Waals surface area contributed by atoms with Crippen LogP contribution in [0.1, 0.15) is 51.4 Å². The summed E-state index contributed by atoms with van der Waals surface area (Å²) in [5.41, 5.74) is 0.688. The Morgan fingerprint density at radius 2 is 2.25 bits per heavy atom. The van der Waals surface area contributed by atoms with Gasteiger partial charge >= 0.3 is 0 Å². The lowest BCUT2D eigenvalue weighted by Crippen LogP contribution is -2.10. The summed E-state index contributed by atoms with van der Waals surface area (Å²) in [7, 11) is 0. The maximum atomic E-state index is 13.3. The van der Waals surface area contributed by atoms with E-state index in [1.54, 1.807) is 6.92 Å². The molecular formula is C18H14BrN3O2. The number of aliphatic hydroxyl groups is 1. The van der Waals surface area contributed by atoms with Crippen LogP contribution >= 0.6 is 15.9 Å². The number of fused-ring (bicyclic) bond motifs is 1. The predicted octanol–water partition coefficient (Wildman–Crippen LogP) is 3.56. The molecule has 1 unspecified atom stereocenters. The third-order valence-electron chi connectivity index (χ3n) is 3.65. The van der Waals surface area contributed by atoms with E-state index in [0.717, 1.165) is 4.40 Å². The second-order valence-corrected chi connectivity index (χ2v) is 6.09. The van der Waals surface area contributed by atoms with Gasteiger partial charge in [-0.05, 0) is 43.6 Å². The number of pyridine rings is 1. The van der Waals surface area contributed by atoms with Gasteiger partial charge in [-0.2, -0.15) is 5.26 Å². The van der Waals surface area contributed by atoms with E-state index in [1.807, 2.05) is 6.07 Å². The normalized spacial score (nSPS) is 14.5. The van der Waals surface area contributed by atoms with Crippen molar-refractivity contribution in [3.8, 4) is 6.07 Å². The predicted molar refractivity (Wildman–Crippen MR) is 92.9 cm³/mol. The van der Waals surface area contributed by atoms with Crippen LogP contribution in [0.2, 0.25) is 0 Å². The molecule has 2 aromatic heterocycles. The number of aromatic nitrogens is 2. The Morgan fingerprint density at radius 1 is 1.50 bits per heavy atom. The lowest BCUT2D eigenvalue weighted by molar-refractivity contribution is 0.102. The molecule has 0 bridgehead atoms. The molecule has 1 aromatic carbocycles. The number of nitriles is 1. The highest BCUT2D eigenvalue weighted by molar-refractivity contribution is 9.10. The van der Waals surface area contributed by atoms with Crippen LogP contribution in [0.4, 0.5) is 0 Å². The third-order valence-corrected chi connectivity index (χ3v) is 4.47. The Labute approximate surface area is 152 Å². The molecule has 120 valence electrons. The lowest BCUT2D eigenvalue weighted by atomic mass is 10.00. The van der Waals surface area contributed by atoms with E-state index in [9.17, 15) is 15.2 Å². The van der Waals surface area contributed by atoms with Gasteiger partial charge < -0.3 is 5.11 Å². The van der Waals surface area contributed by atoms with E-state index in [4.69, 9.17) is 5.48 Å². The topological polar surface area (TPSA) is 78.4 Å². The van der Waals surface area contributed by atoms with Gasteiger partial charge in [0.15, 0.2) is 0 Å². The van der Waals surface area contributed by atoms with E-state index in [0.29, 0.717) is 10.0 Å². The minimum atomic E-state index is -1.19. The number of carbonyl (C=O) groups excluding carboxylic acids is 1. The zero-order valence-electron chi connectivity index (χ0n) is 16.8. The fourth-order valence-electron chi connectivity index (χ4n) is 2.37. The molecule has 5 nitrogen and oxygen atoms in total. The minimum Gasteiger partial charge on any atom is -0.387 e. The van der Waals surface area contributed by atoms with E-state index in [-0.39, 0.29) is 28.2 Å². The van der Waals surface area contributed by atoms with E-state index >= 15 is 0 Å². The molecule has 1 atom stereocenters. The molecule has 0 saturated carbocycles. The molecule has 0 aliphatic carbocycles. The van der Waals surface area contributed by atoms with Gasteiger partial charge in [0.1, 0.15) is 11.3 Å². The SMILES string of the molecule is [2H]c1c([2H])c([2H])n2c(C(=O)c3cc(Br)c(C)c(C#N)c3)c(C(C)O)nc2c1[2H]. The van der Waals surface area contributed by atoms with Crippen molar-refractivity contribution in [3.63, 3.8) is 0 Å². The van der Waals surface area contributed by atoms with Crippen LogP contribution in [0.5, 0.6) is 0 Å². The fourth-order valence-corrected chi connectivity index (χ4v) is 2.83. The van der Waals surface area contributed by atoms with Crippen LogP contribution in [0, 0.1) is 18.3 Å². The fraction of sp³-hybridized carbons (Fsp3) is 0.167. The summed E-state index contributed by atoms with van der Waals surface area (Å²) in [4.78, 5) is 17.4. The number of hydrogen-bond donors (Lipinski definition) is 1. The molecule has 0 radical (unpaired) electrons. The van der Waals surface area contributed by atoms with Crippen molar-refractivity contribution < 1.29 is 15.4 Å². The first-order valence-electron chi connectivity index (χ1n) is 9.01. The molecule has 0 aliphatic rings. The Hall–Kier alpha value is -2.49. The number of imidazole rings is 1. The van der Waals surface area contributed by atoms with Crippen molar-refractivity contribution in [1.82, 2.24) is 9.38 Å². The van der Waals surface area contributed by atoms with Gasteiger partial charge in [-0.3, -0.25) is 9.20 Å². The molecular weight excluding hydrogens is 370 g/mol. The van der Waals surface area contributed by atoms with Gasteiger partial charge in [-0.25, -0.2) is 4.98 Å². The number of carbonyl (C=O) groups is 1. The smallest absolute Gasteiger partial charge is 0.211 e. The Morgan fingerprint density at radius 3 is 2.92 bits per heavy atom. The summed E-state index contributed by atoms with van der Waals surface area (Å²) in [5.74, 6) is -0.620. The molecule has 0 amide bonds. The van der Waals surface area contributed by atoms with Crippen LogP contribution in [-0.2, 0) is 0 Å². The summed E-state index contributed by atoms with van der Waals surface area (Å²) >= 11 is 3.32. The number of ketones is 1. The monoisotopic (exact) mass is 387 g/mol. The molecule has 0 spiro atoms. The largest absolute Gasteiger partial charge is 0.387 e. The summed E-state index contributed by atoms with van der Waals surface area (Å²) in [5, 5.41) is 19.4. The van der Waals surface area contributed by atoms with Gasteiger partial charge in [0.2, 0.25) is 5.78 Å². The first kappa shape index (κ1) is 12.0. The van der Waals surface area contributed by atoms with E-state index in [1.165, 1.54) is 19.1 Å². The van der Waals surface area contributed by atoms with E-state index in [2.05, 4.69) is 20.9 Å². The van der Waals surface area contributed by atoms with Gasteiger partial charge in [0.25, 0.3) is 0 Å². The summed E-state index contributed by atoms with van der Waals surface area (Å²) < 4.78 is 33.4. The van der Waals surface area contributed by atoms with Crippen LogP contribution < -0.4 is 0 Å². The van der Waals surface area contributed by atoms with E-state index < -0.39 is 36.2 Å². The average molecular weight is 388 g/mol. The molecule has 3 rings (SSSR count). The van der Waals surface area contributed by atoms with Gasteiger partial charge in [-0.1, -0.05) is 22.0 Å². The Bertz CT molecular complexity index is 1200. The molecule has 3 aromatic rings. The van der Waals surface area contributed by atoms with Crippen molar-refractivity contribution in [3.05, 3.63) is 69.0 Å². The second kappa shape index (κ2) is 6.19. The van der Waals surface area contributed by atoms with Gasteiger partial charge in [-0.15, -0.1) is 0 Å². The molecule has 24 heavy (non-hydrogen) atoms. The number of benzene rings is 1. The standard InChI is InChI=1S/C18H14BrN3O2/c1-10-13(9-20)7-12(8-14(10)19)18(24)17-16(11(2)23)21-15-5-3-4-6-22(15)17/h3-8,11,23H,1-2H3/i3D,4D,5D,6D. The van der Waals surface area contributed by atoms with Crippen molar-refractivity contribution in [2.24, 2.45) is 0 Å².